The number of benzene rings is 4. The first kappa shape index (κ1) is 34.1. The molecule has 0 spiro atoms. The van der Waals surface area contributed by atoms with Gasteiger partial charge in [-0.25, -0.2) is 9.59 Å². The minimum absolute atomic E-state index is 0.178. The van der Waals surface area contributed by atoms with Gasteiger partial charge in [-0.15, -0.1) is 0 Å². The molecule has 0 saturated heterocycles. The topological polar surface area (TPSA) is 62.5 Å². The summed E-state index contributed by atoms with van der Waals surface area (Å²) in [7, 11) is 0. The van der Waals surface area contributed by atoms with Gasteiger partial charge in [0.2, 0.25) is 0 Å². The van der Waals surface area contributed by atoms with Crippen LogP contribution in [-0.2, 0) is 21.8 Å². The summed E-state index contributed by atoms with van der Waals surface area (Å²) < 4.78 is 94.6. The number of nitrogens with zero attached hydrogens (tertiary/aromatic N) is 2. The van der Waals surface area contributed by atoms with Crippen molar-refractivity contribution in [2.75, 3.05) is 13.2 Å². The standard InChI is InChI=1S/C38H28F6N2O4/c1-3-49-35(47)25-9-17-29(18-10-25)45-31(23-5-13-27(14-6-23)37(39,40)41)21-34-33(45)22-32(24-7-15-28(16-8-24)38(42,43)44)46(34)30-19-11-26(12-20-30)36(48)50-4-2/h5-22H,3-4H2,1-2H3. The van der Waals surface area contributed by atoms with E-state index >= 15 is 0 Å². The lowest BCUT2D eigenvalue weighted by Crippen LogP contribution is -2.05. The number of hydrogen-bond donors (Lipinski definition) is 0. The quantitative estimate of drug-likeness (QED) is 0.118. The van der Waals surface area contributed by atoms with E-state index in [2.05, 4.69) is 0 Å². The molecule has 0 bridgehead atoms. The van der Waals surface area contributed by atoms with Gasteiger partial charge in [0, 0.05) is 11.4 Å². The number of halogens is 6. The monoisotopic (exact) mass is 690 g/mol. The van der Waals surface area contributed by atoms with Gasteiger partial charge in [0.05, 0.1) is 57.9 Å². The average Bonchev–Trinajstić information content (AvgIpc) is 3.65. The van der Waals surface area contributed by atoms with E-state index in [1.165, 1.54) is 24.3 Å². The molecule has 0 saturated carbocycles. The molecule has 4 aromatic carbocycles. The van der Waals surface area contributed by atoms with E-state index in [0.717, 1.165) is 24.3 Å². The summed E-state index contributed by atoms with van der Waals surface area (Å²) in [6, 6.07) is 25.8. The lowest BCUT2D eigenvalue weighted by molar-refractivity contribution is -0.138. The zero-order valence-corrected chi connectivity index (χ0v) is 26.6. The summed E-state index contributed by atoms with van der Waals surface area (Å²) >= 11 is 0. The lowest BCUT2D eigenvalue weighted by atomic mass is 10.1. The molecule has 6 rings (SSSR count). The maximum atomic E-state index is 13.5. The van der Waals surface area contributed by atoms with Crippen LogP contribution in [-0.4, -0.2) is 34.3 Å². The normalized spacial score (nSPS) is 11.9. The van der Waals surface area contributed by atoms with Crippen LogP contribution in [0.25, 0.3) is 44.9 Å². The Morgan fingerprint density at radius 3 is 1.12 bits per heavy atom. The molecule has 0 aliphatic rings. The summed E-state index contributed by atoms with van der Waals surface area (Å²) in [5.74, 6) is -1.05. The summed E-state index contributed by atoms with van der Waals surface area (Å²) in [5, 5.41) is 0. The second-order valence-corrected chi connectivity index (χ2v) is 11.2. The first-order chi connectivity index (χ1) is 23.8. The van der Waals surface area contributed by atoms with Gasteiger partial charge in [0.1, 0.15) is 0 Å². The van der Waals surface area contributed by atoms with Crippen LogP contribution in [0.4, 0.5) is 26.3 Å². The van der Waals surface area contributed by atoms with E-state index in [9.17, 15) is 35.9 Å². The molecule has 0 fully saturated rings. The molecule has 6 aromatic rings. The largest absolute Gasteiger partial charge is 0.462 e. The van der Waals surface area contributed by atoms with Gasteiger partial charge in [0.25, 0.3) is 0 Å². The zero-order chi connectivity index (χ0) is 35.8. The minimum Gasteiger partial charge on any atom is -0.462 e. The molecule has 0 aliphatic heterocycles. The van der Waals surface area contributed by atoms with Crippen molar-refractivity contribution in [3.05, 3.63) is 131 Å². The minimum atomic E-state index is -4.54. The van der Waals surface area contributed by atoms with E-state index in [4.69, 9.17) is 9.47 Å². The highest BCUT2D eigenvalue weighted by Gasteiger charge is 2.31. The number of carbonyl (C=O) groups is 2. The van der Waals surface area contributed by atoms with Crippen LogP contribution < -0.4 is 0 Å². The van der Waals surface area contributed by atoms with Crippen molar-refractivity contribution in [3.63, 3.8) is 0 Å². The summed E-state index contributed by atoms with van der Waals surface area (Å²) in [5.41, 5.74) is 3.08. The van der Waals surface area contributed by atoms with Crippen LogP contribution in [0.5, 0.6) is 0 Å². The first-order valence-corrected chi connectivity index (χ1v) is 15.5. The smallest absolute Gasteiger partial charge is 0.416 e. The molecule has 12 heteroatoms. The second kappa shape index (κ2) is 13.3. The fourth-order valence-corrected chi connectivity index (χ4v) is 5.72. The molecule has 0 N–H and O–H groups in total. The number of ether oxygens (including phenoxy) is 2. The van der Waals surface area contributed by atoms with E-state index in [0.29, 0.717) is 56.0 Å². The number of alkyl halides is 6. The van der Waals surface area contributed by atoms with Crippen molar-refractivity contribution < 1.29 is 45.4 Å². The Hall–Kier alpha value is -5.78. The van der Waals surface area contributed by atoms with Crippen molar-refractivity contribution in [2.45, 2.75) is 26.2 Å². The van der Waals surface area contributed by atoms with Crippen molar-refractivity contribution >= 4 is 23.0 Å². The molecule has 6 nitrogen and oxygen atoms in total. The van der Waals surface area contributed by atoms with Gasteiger partial charge < -0.3 is 18.6 Å². The number of fused-ring (bicyclic) bond motifs is 1. The van der Waals surface area contributed by atoms with E-state index in [-0.39, 0.29) is 13.2 Å². The van der Waals surface area contributed by atoms with Gasteiger partial charge >= 0.3 is 24.3 Å². The maximum absolute atomic E-state index is 13.5. The number of carbonyl (C=O) groups excluding carboxylic acids is 2. The van der Waals surface area contributed by atoms with Gasteiger partial charge in [-0.05, 0) is 110 Å². The Morgan fingerprint density at radius 1 is 0.520 bits per heavy atom. The van der Waals surface area contributed by atoms with Gasteiger partial charge in [0.15, 0.2) is 0 Å². The Kier molecular flexibility index (Phi) is 9.04. The Labute approximate surface area is 282 Å². The molecule has 0 aliphatic carbocycles. The van der Waals surface area contributed by atoms with Crippen LogP contribution >= 0.6 is 0 Å². The van der Waals surface area contributed by atoms with Gasteiger partial charge in [-0.2, -0.15) is 26.3 Å². The van der Waals surface area contributed by atoms with Crippen LogP contribution in [0.15, 0.2) is 109 Å². The molecule has 2 heterocycles. The Balaban J connectivity index is 1.60. The van der Waals surface area contributed by atoms with Crippen molar-refractivity contribution in [1.29, 1.82) is 0 Å². The molecule has 0 unspecified atom stereocenters. The number of rotatable bonds is 8. The maximum Gasteiger partial charge on any atom is 0.416 e. The third-order valence-electron chi connectivity index (χ3n) is 8.06. The van der Waals surface area contributed by atoms with E-state index in [1.807, 2.05) is 0 Å². The molecule has 2 aromatic heterocycles. The summed E-state index contributed by atoms with van der Waals surface area (Å²) in [6.45, 7) is 3.72. The number of esters is 2. The fraction of sp³-hybridized carbons (Fsp3) is 0.158. The predicted octanol–water partition coefficient (Wildman–Crippen LogP) is 10.1. The highest BCUT2D eigenvalue weighted by molar-refractivity contribution is 5.95. The van der Waals surface area contributed by atoms with Crippen LogP contribution in [0.3, 0.4) is 0 Å². The lowest BCUT2D eigenvalue weighted by Gasteiger charge is -2.14. The number of aromatic nitrogens is 2. The van der Waals surface area contributed by atoms with Crippen molar-refractivity contribution in [3.8, 4) is 33.9 Å². The zero-order valence-electron chi connectivity index (χ0n) is 26.6. The SMILES string of the molecule is CCOC(=O)c1ccc(-n2c(-c3ccc(C(F)(F)F)cc3)cc3c2cc(-c2ccc(C(F)(F)F)cc2)n3-c2ccc(C(=O)OCC)cc2)cc1. The molecule has 0 atom stereocenters. The summed E-state index contributed by atoms with van der Waals surface area (Å²) in [6.07, 6.45) is -9.09. The second-order valence-electron chi connectivity index (χ2n) is 11.2. The Bertz CT molecular complexity index is 2000. The van der Waals surface area contributed by atoms with Crippen molar-refractivity contribution in [2.24, 2.45) is 0 Å². The highest BCUT2D eigenvalue weighted by atomic mass is 19.4. The first-order valence-electron chi connectivity index (χ1n) is 15.5. The van der Waals surface area contributed by atoms with E-state index in [1.54, 1.807) is 83.6 Å². The Morgan fingerprint density at radius 2 is 0.840 bits per heavy atom. The predicted molar refractivity (Wildman–Crippen MR) is 175 cm³/mol. The van der Waals surface area contributed by atoms with Gasteiger partial charge in [-0.1, -0.05) is 24.3 Å². The molecule has 0 radical (unpaired) electrons. The highest BCUT2D eigenvalue weighted by Crippen LogP contribution is 2.40. The average molecular weight is 691 g/mol. The fourth-order valence-electron chi connectivity index (χ4n) is 5.72. The van der Waals surface area contributed by atoms with Crippen molar-refractivity contribution in [1.82, 2.24) is 9.13 Å². The van der Waals surface area contributed by atoms with Crippen LogP contribution in [0.2, 0.25) is 0 Å². The third-order valence-corrected chi connectivity index (χ3v) is 8.06. The number of hydrogen-bond acceptors (Lipinski definition) is 4. The molecular weight excluding hydrogens is 662 g/mol. The van der Waals surface area contributed by atoms with Crippen LogP contribution in [0.1, 0.15) is 45.7 Å². The van der Waals surface area contributed by atoms with E-state index < -0.39 is 35.4 Å². The molecule has 50 heavy (non-hydrogen) atoms. The van der Waals surface area contributed by atoms with Crippen LogP contribution in [0, 0.1) is 0 Å². The third kappa shape index (κ3) is 6.60. The molecular formula is C38H28F6N2O4. The van der Waals surface area contributed by atoms with Gasteiger partial charge in [-0.3, -0.25) is 0 Å². The molecule has 0 amide bonds. The molecule has 256 valence electrons. The summed E-state index contributed by atoms with van der Waals surface area (Å²) in [4.78, 5) is 24.8.